The van der Waals surface area contributed by atoms with Crippen molar-refractivity contribution in [3.8, 4) is 11.4 Å². The molecule has 1 aromatic heterocycles. The van der Waals surface area contributed by atoms with Gasteiger partial charge in [-0.1, -0.05) is 37.6 Å². The molecule has 0 bridgehead atoms. The normalized spacial score (nSPS) is 10.4. The van der Waals surface area contributed by atoms with Crippen LogP contribution in [0.3, 0.4) is 0 Å². The Hall–Kier alpha value is -2.43. The summed E-state index contributed by atoms with van der Waals surface area (Å²) < 4.78 is 0. The van der Waals surface area contributed by atoms with Crippen LogP contribution in [0.15, 0.2) is 30.5 Å². The van der Waals surface area contributed by atoms with Crippen LogP contribution in [0.1, 0.15) is 29.3 Å². The van der Waals surface area contributed by atoms with Crippen LogP contribution < -0.4 is 5.73 Å². The summed E-state index contributed by atoms with van der Waals surface area (Å²) in [7, 11) is 0. The summed E-state index contributed by atoms with van der Waals surface area (Å²) in [6.07, 6.45) is 3.36. The summed E-state index contributed by atoms with van der Waals surface area (Å²) in [6.45, 7) is 2.13. The molecule has 1 heterocycles. The van der Waals surface area contributed by atoms with E-state index in [1.807, 2.05) is 24.3 Å². The highest BCUT2D eigenvalue weighted by atomic mass is 16.4. The molecule has 0 aliphatic rings. The molecule has 0 aliphatic carbocycles. The Labute approximate surface area is 111 Å². The van der Waals surface area contributed by atoms with Gasteiger partial charge < -0.3 is 10.8 Å². The molecule has 0 spiro atoms. The third-order valence-electron chi connectivity index (χ3n) is 2.80. The van der Waals surface area contributed by atoms with Crippen LogP contribution in [0.5, 0.6) is 0 Å². The van der Waals surface area contributed by atoms with Gasteiger partial charge in [0.15, 0.2) is 5.82 Å². The summed E-state index contributed by atoms with van der Waals surface area (Å²) in [5.74, 6) is -0.706. The van der Waals surface area contributed by atoms with E-state index in [1.165, 1.54) is 11.8 Å². The lowest BCUT2D eigenvalue weighted by Gasteiger charge is -2.05. The second-order valence-electron chi connectivity index (χ2n) is 4.24. The Bertz CT molecular complexity index is 594. The first-order valence-corrected chi connectivity index (χ1v) is 6.07. The zero-order valence-corrected chi connectivity index (χ0v) is 10.6. The molecule has 0 unspecified atom stereocenters. The molecule has 19 heavy (non-hydrogen) atoms. The van der Waals surface area contributed by atoms with Crippen molar-refractivity contribution in [2.45, 2.75) is 19.8 Å². The first kappa shape index (κ1) is 13.0. The molecule has 5 nitrogen and oxygen atoms in total. The minimum absolute atomic E-state index is 0.0184. The molecule has 0 amide bonds. The van der Waals surface area contributed by atoms with Crippen molar-refractivity contribution in [3.63, 3.8) is 0 Å². The number of benzene rings is 1. The van der Waals surface area contributed by atoms with Crippen molar-refractivity contribution in [1.29, 1.82) is 0 Å². The van der Waals surface area contributed by atoms with Crippen molar-refractivity contribution < 1.29 is 9.90 Å². The predicted octanol–water partition coefficient (Wildman–Crippen LogP) is 2.38. The molecule has 0 saturated heterocycles. The average molecular weight is 257 g/mol. The molecule has 0 saturated carbocycles. The fourth-order valence-electron chi connectivity index (χ4n) is 1.81. The fourth-order valence-corrected chi connectivity index (χ4v) is 1.81. The largest absolute Gasteiger partial charge is 0.477 e. The summed E-state index contributed by atoms with van der Waals surface area (Å²) in [5.41, 5.74) is 7.60. The highest BCUT2D eigenvalue weighted by molar-refractivity contribution is 5.92. The minimum Gasteiger partial charge on any atom is -0.477 e. The van der Waals surface area contributed by atoms with E-state index >= 15 is 0 Å². The van der Waals surface area contributed by atoms with Gasteiger partial charge in [-0.3, -0.25) is 0 Å². The topological polar surface area (TPSA) is 89.1 Å². The van der Waals surface area contributed by atoms with E-state index < -0.39 is 5.97 Å². The number of hydrogen-bond acceptors (Lipinski definition) is 4. The molecule has 2 rings (SSSR count). The lowest BCUT2D eigenvalue weighted by molar-refractivity contribution is 0.0697. The second kappa shape index (κ2) is 5.48. The molecule has 98 valence electrons. The molecule has 0 aliphatic heterocycles. The van der Waals surface area contributed by atoms with Crippen LogP contribution in [-0.4, -0.2) is 21.0 Å². The van der Waals surface area contributed by atoms with Gasteiger partial charge in [0, 0.05) is 11.8 Å². The lowest BCUT2D eigenvalue weighted by Crippen LogP contribution is -2.06. The maximum atomic E-state index is 10.8. The molecule has 2 aromatic rings. The maximum absolute atomic E-state index is 10.8. The van der Waals surface area contributed by atoms with Crippen LogP contribution in [-0.2, 0) is 6.42 Å². The van der Waals surface area contributed by atoms with Crippen molar-refractivity contribution in [3.05, 3.63) is 41.6 Å². The number of anilines is 1. The summed E-state index contributed by atoms with van der Waals surface area (Å²) in [6, 6.07) is 7.87. The molecule has 5 heteroatoms. The number of nitrogens with zero attached hydrogens (tertiary/aromatic N) is 2. The zero-order valence-electron chi connectivity index (χ0n) is 10.6. The van der Waals surface area contributed by atoms with E-state index in [4.69, 9.17) is 10.8 Å². The minimum atomic E-state index is -1.12. The van der Waals surface area contributed by atoms with Gasteiger partial charge in [0.1, 0.15) is 11.4 Å². The fraction of sp³-hybridized carbons (Fsp3) is 0.214. The third kappa shape index (κ3) is 2.88. The molecular weight excluding hydrogens is 242 g/mol. The van der Waals surface area contributed by atoms with Crippen LogP contribution in [0.25, 0.3) is 11.4 Å². The van der Waals surface area contributed by atoms with Gasteiger partial charge >= 0.3 is 5.97 Å². The van der Waals surface area contributed by atoms with Crippen molar-refractivity contribution in [2.24, 2.45) is 0 Å². The number of carboxylic acid groups (broad SMARTS) is 1. The third-order valence-corrected chi connectivity index (χ3v) is 2.80. The van der Waals surface area contributed by atoms with Crippen LogP contribution >= 0.6 is 0 Å². The van der Waals surface area contributed by atoms with E-state index in [1.54, 1.807) is 0 Å². The number of carboxylic acids is 1. The maximum Gasteiger partial charge on any atom is 0.341 e. The van der Waals surface area contributed by atoms with Crippen molar-refractivity contribution in [1.82, 2.24) is 9.97 Å². The average Bonchev–Trinajstić information content (AvgIpc) is 2.39. The lowest BCUT2D eigenvalue weighted by atomic mass is 10.1. The van der Waals surface area contributed by atoms with Gasteiger partial charge in [-0.05, 0) is 12.0 Å². The first-order chi connectivity index (χ1) is 9.11. The number of nitrogen functional groups attached to an aromatic ring is 1. The summed E-state index contributed by atoms with van der Waals surface area (Å²) in [5, 5.41) is 8.86. The van der Waals surface area contributed by atoms with Crippen molar-refractivity contribution >= 4 is 11.8 Å². The molecule has 0 fully saturated rings. The van der Waals surface area contributed by atoms with E-state index in [-0.39, 0.29) is 11.4 Å². The number of carbonyl (C=O) groups is 1. The highest BCUT2D eigenvalue weighted by Gasteiger charge is 2.11. The van der Waals surface area contributed by atoms with Crippen molar-refractivity contribution in [2.75, 3.05) is 5.73 Å². The molecule has 3 N–H and O–H groups in total. The first-order valence-electron chi connectivity index (χ1n) is 6.07. The molecule has 0 atom stereocenters. The van der Waals surface area contributed by atoms with Crippen LogP contribution in [0, 0.1) is 0 Å². The Morgan fingerprint density at radius 1 is 1.32 bits per heavy atom. The van der Waals surface area contributed by atoms with Gasteiger partial charge in [0.25, 0.3) is 0 Å². The summed E-state index contributed by atoms with van der Waals surface area (Å²) in [4.78, 5) is 18.9. The van der Waals surface area contributed by atoms with Gasteiger partial charge in [-0.2, -0.15) is 0 Å². The SMILES string of the molecule is CCCc1ccc(-c2ncc(C(=O)O)c(N)n2)cc1. The van der Waals surface area contributed by atoms with E-state index in [9.17, 15) is 4.79 Å². The van der Waals surface area contributed by atoms with E-state index in [0.717, 1.165) is 18.4 Å². The predicted molar refractivity (Wildman–Crippen MR) is 72.8 cm³/mol. The number of hydrogen-bond donors (Lipinski definition) is 2. The Kier molecular flexibility index (Phi) is 3.75. The zero-order chi connectivity index (χ0) is 13.8. The van der Waals surface area contributed by atoms with Gasteiger partial charge in [-0.25, -0.2) is 14.8 Å². The Morgan fingerprint density at radius 2 is 2.00 bits per heavy atom. The molecule has 0 radical (unpaired) electrons. The van der Waals surface area contributed by atoms with E-state index in [2.05, 4.69) is 16.9 Å². The van der Waals surface area contributed by atoms with E-state index in [0.29, 0.717) is 5.82 Å². The Morgan fingerprint density at radius 3 is 2.53 bits per heavy atom. The number of aryl methyl sites for hydroxylation is 1. The smallest absolute Gasteiger partial charge is 0.341 e. The Balaban J connectivity index is 2.31. The number of aromatic nitrogens is 2. The standard InChI is InChI=1S/C14H15N3O2/c1-2-3-9-4-6-10(7-5-9)13-16-8-11(14(18)19)12(15)17-13/h4-8H,2-3H2,1H3,(H,18,19)(H2,15,16,17). The second-order valence-corrected chi connectivity index (χ2v) is 4.24. The number of aromatic carboxylic acids is 1. The highest BCUT2D eigenvalue weighted by Crippen LogP contribution is 2.18. The van der Waals surface area contributed by atoms with Crippen LogP contribution in [0.4, 0.5) is 5.82 Å². The molecule has 1 aromatic carbocycles. The summed E-state index contributed by atoms with van der Waals surface area (Å²) >= 11 is 0. The quantitative estimate of drug-likeness (QED) is 0.877. The van der Waals surface area contributed by atoms with Crippen LogP contribution in [0.2, 0.25) is 0 Å². The van der Waals surface area contributed by atoms with Gasteiger partial charge in [0.2, 0.25) is 0 Å². The van der Waals surface area contributed by atoms with Gasteiger partial charge in [-0.15, -0.1) is 0 Å². The molecular formula is C14H15N3O2. The monoisotopic (exact) mass is 257 g/mol. The number of rotatable bonds is 4. The van der Waals surface area contributed by atoms with Gasteiger partial charge in [0.05, 0.1) is 0 Å². The number of nitrogens with two attached hydrogens (primary N) is 1.